The summed E-state index contributed by atoms with van der Waals surface area (Å²) in [6.45, 7) is 0. The minimum Gasteiger partial charge on any atom is -0.225 e. The molecule has 128 valence electrons. The summed E-state index contributed by atoms with van der Waals surface area (Å²) >= 11 is 0. The lowest BCUT2D eigenvalue weighted by Crippen LogP contribution is -2.11. The first-order valence-corrected chi connectivity index (χ1v) is 9.27. The lowest BCUT2D eigenvalue weighted by atomic mass is 10.1. The maximum absolute atomic E-state index is 13.3. The van der Waals surface area contributed by atoms with E-state index in [9.17, 15) is 12.8 Å². The third-order valence-corrected chi connectivity index (χ3v) is 5.32. The summed E-state index contributed by atoms with van der Waals surface area (Å²) in [5, 5.41) is 13.4. The van der Waals surface area contributed by atoms with Crippen LogP contribution in [0.15, 0.2) is 59.6 Å². The molecule has 4 rings (SSSR count). The van der Waals surface area contributed by atoms with Gasteiger partial charge in [-0.15, -0.1) is 5.10 Å². The highest BCUT2D eigenvalue weighted by Gasteiger charge is 2.41. The Bertz CT molecular complexity index is 1030. The van der Waals surface area contributed by atoms with Crippen molar-refractivity contribution in [3.8, 4) is 5.69 Å². The summed E-state index contributed by atoms with van der Waals surface area (Å²) in [6.07, 6.45) is 2.72. The maximum Gasteiger partial charge on any atom is 0.238 e. The zero-order valence-corrected chi connectivity index (χ0v) is 13.9. The van der Waals surface area contributed by atoms with Crippen LogP contribution in [-0.4, -0.2) is 23.4 Å². The van der Waals surface area contributed by atoms with Gasteiger partial charge in [-0.3, -0.25) is 0 Å². The van der Waals surface area contributed by atoms with Crippen LogP contribution >= 0.6 is 0 Å². The topological polar surface area (TPSA) is 90.9 Å². The van der Waals surface area contributed by atoms with Crippen molar-refractivity contribution in [1.82, 2.24) is 15.0 Å². The van der Waals surface area contributed by atoms with Crippen LogP contribution in [0, 0.1) is 5.82 Å². The number of hydrogen-bond donors (Lipinski definition) is 1. The van der Waals surface area contributed by atoms with Gasteiger partial charge < -0.3 is 0 Å². The third-order valence-electron chi connectivity index (χ3n) is 4.39. The van der Waals surface area contributed by atoms with Crippen LogP contribution in [0.25, 0.3) is 5.69 Å². The summed E-state index contributed by atoms with van der Waals surface area (Å²) in [6, 6.07) is 12.8. The Morgan fingerprint density at radius 2 is 1.88 bits per heavy atom. The van der Waals surface area contributed by atoms with Gasteiger partial charge in [-0.2, -0.15) is 0 Å². The molecule has 0 spiro atoms. The highest BCUT2D eigenvalue weighted by molar-refractivity contribution is 7.89. The molecule has 1 saturated carbocycles. The number of hydrogen-bond acceptors (Lipinski definition) is 4. The molecule has 2 aromatic carbocycles. The Kier molecular flexibility index (Phi) is 3.66. The number of nitrogens with two attached hydrogens (primary N) is 1. The zero-order chi connectivity index (χ0) is 17.6. The monoisotopic (exact) mass is 358 g/mol. The molecular formula is C17H15FN4O2S. The quantitative estimate of drug-likeness (QED) is 0.775. The fourth-order valence-electron chi connectivity index (χ4n) is 2.99. The van der Waals surface area contributed by atoms with Gasteiger partial charge in [0.1, 0.15) is 5.82 Å². The van der Waals surface area contributed by atoms with Crippen molar-refractivity contribution in [2.24, 2.45) is 5.14 Å². The zero-order valence-electron chi connectivity index (χ0n) is 13.1. The summed E-state index contributed by atoms with van der Waals surface area (Å²) in [5.74, 6) is 0.170. The smallest absolute Gasteiger partial charge is 0.225 e. The number of primary sulfonamides is 1. The Balaban J connectivity index is 1.52. The van der Waals surface area contributed by atoms with E-state index in [1.165, 1.54) is 24.3 Å². The molecule has 2 atom stereocenters. The van der Waals surface area contributed by atoms with Gasteiger partial charge in [0.15, 0.2) is 0 Å². The molecule has 6 nitrogen and oxygen atoms in total. The summed E-state index contributed by atoms with van der Waals surface area (Å²) in [7, 11) is -3.68. The van der Waals surface area contributed by atoms with Gasteiger partial charge in [-0.1, -0.05) is 23.4 Å². The minimum absolute atomic E-state index is 0.102. The molecule has 2 N–H and O–H groups in total. The van der Waals surface area contributed by atoms with Crippen molar-refractivity contribution in [2.45, 2.75) is 23.2 Å². The molecule has 0 amide bonds. The molecule has 8 heteroatoms. The molecule has 1 aromatic heterocycles. The number of aromatic nitrogens is 3. The Labute approximate surface area is 144 Å². The number of rotatable bonds is 4. The van der Waals surface area contributed by atoms with Crippen LogP contribution < -0.4 is 5.14 Å². The number of benzene rings is 2. The molecule has 0 unspecified atom stereocenters. The van der Waals surface area contributed by atoms with E-state index in [0.29, 0.717) is 5.69 Å². The third kappa shape index (κ3) is 3.18. The molecule has 1 heterocycles. The van der Waals surface area contributed by atoms with E-state index in [-0.39, 0.29) is 22.5 Å². The van der Waals surface area contributed by atoms with Gasteiger partial charge in [0.25, 0.3) is 0 Å². The average molecular weight is 358 g/mol. The minimum atomic E-state index is -3.68. The van der Waals surface area contributed by atoms with Crippen molar-refractivity contribution >= 4 is 10.0 Å². The Morgan fingerprint density at radius 1 is 1.12 bits per heavy atom. The fourth-order valence-corrected chi connectivity index (χ4v) is 3.50. The first-order valence-electron chi connectivity index (χ1n) is 7.73. The molecule has 1 aliphatic rings. The molecule has 25 heavy (non-hydrogen) atoms. The predicted molar refractivity (Wildman–Crippen MR) is 89.2 cm³/mol. The molecule has 3 aromatic rings. The fraction of sp³-hybridized carbons (Fsp3) is 0.176. The van der Waals surface area contributed by atoms with Crippen LogP contribution in [0.4, 0.5) is 4.39 Å². The summed E-state index contributed by atoms with van der Waals surface area (Å²) in [5.41, 5.74) is 2.50. The first-order chi connectivity index (χ1) is 11.9. The van der Waals surface area contributed by atoms with E-state index in [1.807, 2.05) is 0 Å². The van der Waals surface area contributed by atoms with E-state index < -0.39 is 10.0 Å². The van der Waals surface area contributed by atoms with Crippen LogP contribution in [0.1, 0.15) is 29.5 Å². The van der Waals surface area contributed by atoms with E-state index in [2.05, 4.69) is 10.3 Å². The molecule has 0 aliphatic heterocycles. The second kappa shape index (κ2) is 5.75. The summed E-state index contributed by atoms with van der Waals surface area (Å²) < 4.78 is 37.5. The van der Waals surface area contributed by atoms with Crippen LogP contribution in [-0.2, 0) is 10.0 Å². The molecule has 1 fully saturated rings. The van der Waals surface area contributed by atoms with Crippen molar-refractivity contribution in [3.63, 3.8) is 0 Å². The second-order valence-electron chi connectivity index (χ2n) is 6.13. The molecular weight excluding hydrogens is 343 g/mol. The van der Waals surface area contributed by atoms with Crippen molar-refractivity contribution < 1.29 is 12.8 Å². The molecule has 1 aliphatic carbocycles. The first kappa shape index (κ1) is 15.9. The van der Waals surface area contributed by atoms with E-state index in [1.54, 1.807) is 35.1 Å². The Morgan fingerprint density at radius 3 is 2.56 bits per heavy atom. The average Bonchev–Trinajstić information content (AvgIpc) is 3.22. The number of halogens is 1. The van der Waals surface area contributed by atoms with Crippen LogP contribution in [0.2, 0.25) is 0 Å². The maximum atomic E-state index is 13.3. The predicted octanol–water partition coefficient (Wildman–Crippen LogP) is 2.32. The molecule has 0 bridgehead atoms. The normalized spacial score (nSPS) is 19.8. The highest BCUT2D eigenvalue weighted by Crippen LogP contribution is 2.54. The number of sulfonamides is 1. The van der Waals surface area contributed by atoms with Gasteiger partial charge in [0, 0.05) is 5.92 Å². The van der Waals surface area contributed by atoms with Crippen molar-refractivity contribution in [1.29, 1.82) is 0 Å². The molecule has 0 saturated heterocycles. The van der Waals surface area contributed by atoms with Crippen molar-refractivity contribution in [2.75, 3.05) is 0 Å². The van der Waals surface area contributed by atoms with Crippen LogP contribution in [0.5, 0.6) is 0 Å². The lowest BCUT2D eigenvalue weighted by Gasteiger charge is -2.01. The highest BCUT2D eigenvalue weighted by atomic mass is 32.2. The van der Waals surface area contributed by atoms with Gasteiger partial charge >= 0.3 is 0 Å². The van der Waals surface area contributed by atoms with Gasteiger partial charge in [0.2, 0.25) is 10.0 Å². The lowest BCUT2D eigenvalue weighted by molar-refractivity contribution is 0.597. The Hall–Kier alpha value is -2.58. The largest absolute Gasteiger partial charge is 0.238 e. The van der Waals surface area contributed by atoms with E-state index >= 15 is 0 Å². The summed E-state index contributed by atoms with van der Waals surface area (Å²) in [4.78, 5) is 0.102. The van der Waals surface area contributed by atoms with Gasteiger partial charge in [-0.25, -0.2) is 22.6 Å². The van der Waals surface area contributed by atoms with Crippen LogP contribution in [0.3, 0.4) is 0 Å². The van der Waals surface area contributed by atoms with Crippen molar-refractivity contribution in [3.05, 3.63) is 71.8 Å². The SMILES string of the molecule is NS(=O)(=O)c1ccc([C@@H]2C[C@H]2c2cn(-c3cccc(F)c3)nn2)cc1. The van der Waals surface area contributed by atoms with E-state index in [4.69, 9.17) is 5.14 Å². The standard InChI is InChI=1S/C17H15FN4O2S/c18-12-2-1-3-13(8-12)22-10-17(20-21-22)16-9-15(16)11-4-6-14(7-5-11)25(19,23)24/h1-8,10,15-16H,9H2,(H2,19,23,24)/t15-,16+/m0/s1. The number of nitrogens with zero attached hydrogens (tertiary/aromatic N) is 3. The van der Waals surface area contributed by atoms with Gasteiger partial charge in [-0.05, 0) is 48.2 Å². The molecule has 0 radical (unpaired) electrons. The van der Waals surface area contributed by atoms with E-state index in [0.717, 1.165) is 17.7 Å². The second-order valence-corrected chi connectivity index (χ2v) is 7.69. The van der Waals surface area contributed by atoms with Gasteiger partial charge in [0.05, 0.1) is 22.5 Å².